The highest BCUT2D eigenvalue weighted by Gasteiger charge is 2.00. The van der Waals surface area contributed by atoms with Crippen LogP contribution in [0.15, 0.2) is 12.2 Å². The molecular formula is C14H26O. The Morgan fingerprint density at radius 2 is 1.40 bits per heavy atom. The lowest BCUT2D eigenvalue weighted by Gasteiger charge is -2.01. The van der Waals surface area contributed by atoms with Crippen molar-refractivity contribution in [1.29, 1.82) is 0 Å². The molecule has 0 heterocycles. The second-order valence-corrected chi connectivity index (χ2v) is 4.43. The van der Waals surface area contributed by atoms with Crippen LogP contribution in [0.3, 0.4) is 0 Å². The van der Waals surface area contributed by atoms with E-state index in [2.05, 4.69) is 13.5 Å². The highest BCUT2D eigenvalue weighted by Crippen LogP contribution is 2.10. The fraction of sp³-hybridized carbons (Fsp3) is 0.786. The van der Waals surface area contributed by atoms with Crippen molar-refractivity contribution in [2.24, 2.45) is 0 Å². The molecule has 1 nitrogen and oxygen atoms in total. The second kappa shape index (κ2) is 9.95. The average Bonchev–Trinajstić information content (AvgIpc) is 2.21. The van der Waals surface area contributed by atoms with Crippen molar-refractivity contribution in [2.75, 3.05) is 0 Å². The molecule has 0 saturated heterocycles. The Bertz CT molecular complexity index is 182. The Kier molecular flexibility index (Phi) is 9.55. The van der Waals surface area contributed by atoms with E-state index in [-0.39, 0.29) is 5.78 Å². The van der Waals surface area contributed by atoms with E-state index in [1.54, 1.807) is 6.92 Å². The molecule has 0 atom stereocenters. The van der Waals surface area contributed by atoms with Crippen molar-refractivity contribution in [3.8, 4) is 0 Å². The number of Topliss-reactive ketones (excluding diaryl/α,β-unsaturated/α-hetero) is 1. The fourth-order valence-corrected chi connectivity index (χ4v) is 1.63. The summed E-state index contributed by atoms with van der Waals surface area (Å²) in [7, 11) is 0. The van der Waals surface area contributed by atoms with Gasteiger partial charge in [-0.2, -0.15) is 0 Å². The largest absolute Gasteiger partial charge is 0.295 e. The molecular weight excluding hydrogens is 184 g/mol. The number of hydrogen-bond acceptors (Lipinski definition) is 1. The van der Waals surface area contributed by atoms with Crippen LogP contribution >= 0.6 is 0 Å². The van der Waals surface area contributed by atoms with Gasteiger partial charge in [-0.05, 0) is 18.9 Å². The number of rotatable bonds is 10. The van der Waals surface area contributed by atoms with E-state index in [9.17, 15) is 4.79 Å². The van der Waals surface area contributed by atoms with Crippen LogP contribution < -0.4 is 0 Å². The van der Waals surface area contributed by atoms with E-state index in [4.69, 9.17) is 0 Å². The first-order valence-electron chi connectivity index (χ1n) is 6.37. The molecule has 0 radical (unpaired) electrons. The average molecular weight is 210 g/mol. The first-order chi connectivity index (χ1) is 7.18. The van der Waals surface area contributed by atoms with Crippen LogP contribution in [0.5, 0.6) is 0 Å². The Labute approximate surface area is 95.0 Å². The standard InChI is InChI=1S/C14H26O/c1-4-5-6-7-8-9-10-11-12-14(15)13(2)3/h2,4-12H2,1,3H3. The molecule has 0 bridgehead atoms. The quantitative estimate of drug-likeness (QED) is 0.378. The number of allylic oxidation sites excluding steroid dienone is 1. The minimum Gasteiger partial charge on any atom is -0.295 e. The summed E-state index contributed by atoms with van der Waals surface area (Å²) in [4.78, 5) is 11.2. The van der Waals surface area contributed by atoms with Crippen molar-refractivity contribution < 1.29 is 4.79 Å². The molecule has 0 aliphatic rings. The van der Waals surface area contributed by atoms with Gasteiger partial charge in [0.2, 0.25) is 0 Å². The molecule has 0 aliphatic carbocycles. The summed E-state index contributed by atoms with van der Waals surface area (Å²) in [6, 6.07) is 0. The minimum absolute atomic E-state index is 0.237. The predicted molar refractivity (Wildman–Crippen MR) is 67.0 cm³/mol. The van der Waals surface area contributed by atoms with E-state index < -0.39 is 0 Å². The van der Waals surface area contributed by atoms with Crippen LogP contribution in [-0.4, -0.2) is 5.78 Å². The van der Waals surface area contributed by atoms with Gasteiger partial charge in [0, 0.05) is 6.42 Å². The second-order valence-electron chi connectivity index (χ2n) is 4.43. The lowest BCUT2D eigenvalue weighted by atomic mass is 10.0. The van der Waals surface area contributed by atoms with Gasteiger partial charge < -0.3 is 0 Å². The van der Waals surface area contributed by atoms with Gasteiger partial charge in [-0.15, -0.1) is 0 Å². The molecule has 15 heavy (non-hydrogen) atoms. The first kappa shape index (κ1) is 14.4. The summed E-state index contributed by atoms with van der Waals surface area (Å²) in [6.45, 7) is 7.69. The molecule has 0 saturated carbocycles. The molecule has 0 fully saturated rings. The van der Waals surface area contributed by atoms with Crippen molar-refractivity contribution in [2.45, 2.75) is 71.6 Å². The van der Waals surface area contributed by atoms with E-state index >= 15 is 0 Å². The Balaban J connectivity index is 3.11. The van der Waals surface area contributed by atoms with Gasteiger partial charge in [0.25, 0.3) is 0 Å². The van der Waals surface area contributed by atoms with Crippen LogP contribution in [-0.2, 0) is 4.79 Å². The van der Waals surface area contributed by atoms with Crippen LogP contribution in [0.1, 0.15) is 71.6 Å². The Morgan fingerprint density at radius 1 is 0.933 bits per heavy atom. The van der Waals surface area contributed by atoms with Gasteiger partial charge in [0.05, 0.1) is 0 Å². The zero-order valence-electron chi connectivity index (χ0n) is 10.5. The van der Waals surface area contributed by atoms with Gasteiger partial charge in [0.1, 0.15) is 0 Å². The molecule has 0 amide bonds. The highest BCUT2D eigenvalue weighted by molar-refractivity contribution is 5.93. The SMILES string of the molecule is C=C(C)C(=O)CCCCCCCCCC. The molecule has 0 unspecified atom stereocenters. The van der Waals surface area contributed by atoms with Gasteiger partial charge >= 0.3 is 0 Å². The fourth-order valence-electron chi connectivity index (χ4n) is 1.63. The van der Waals surface area contributed by atoms with Crippen molar-refractivity contribution in [3.05, 3.63) is 12.2 Å². The predicted octanol–water partition coefficient (Wildman–Crippen LogP) is 4.66. The van der Waals surface area contributed by atoms with Crippen molar-refractivity contribution in [1.82, 2.24) is 0 Å². The van der Waals surface area contributed by atoms with E-state index in [1.807, 2.05) is 0 Å². The number of carbonyl (C=O) groups excluding carboxylic acids is 1. The Hall–Kier alpha value is -0.590. The topological polar surface area (TPSA) is 17.1 Å². The lowest BCUT2D eigenvalue weighted by Crippen LogP contribution is -1.97. The molecule has 0 spiro atoms. The summed E-state index contributed by atoms with van der Waals surface area (Å²) in [5, 5.41) is 0. The third kappa shape index (κ3) is 9.71. The van der Waals surface area contributed by atoms with Gasteiger partial charge in [-0.25, -0.2) is 0 Å². The number of unbranched alkanes of at least 4 members (excludes halogenated alkanes) is 7. The Morgan fingerprint density at radius 3 is 1.87 bits per heavy atom. The smallest absolute Gasteiger partial charge is 0.157 e. The zero-order valence-corrected chi connectivity index (χ0v) is 10.5. The maximum atomic E-state index is 11.2. The third-order valence-electron chi connectivity index (χ3n) is 2.73. The normalized spacial score (nSPS) is 10.3. The molecule has 0 aliphatic heterocycles. The lowest BCUT2D eigenvalue weighted by molar-refractivity contribution is -0.115. The van der Waals surface area contributed by atoms with E-state index in [1.165, 1.54) is 44.9 Å². The molecule has 0 rings (SSSR count). The molecule has 0 aromatic heterocycles. The maximum Gasteiger partial charge on any atom is 0.157 e. The summed E-state index contributed by atoms with van der Waals surface area (Å²) in [5.74, 6) is 0.237. The minimum atomic E-state index is 0.237. The van der Waals surface area contributed by atoms with Crippen molar-refractivity contribution >= 4 is 5.78 Å². The molecule has 1 heteroatoms. The molecule has 88 valence electrons. The summed E-state index contributed by atoms with van der Waals surface area (Å²) < 4.78 is 0. The zero-order chi connectivity index (χ0) is 11.5. The first-order valence-corrected chi connectivity index (χ1v) is 6.37. The third-order valence-corrected chi connectivity index (χ3v) is 2.73. The van der Waals surface area contributed by atoms with E-state index in [0.29, 0.717) is 12.0 Å². The molecule has 0 N–H and O–H groups in total. The maximum absolute atomic E-state index is 11.2. The van der Waals surface area contributed by atoms with Crippen LogP contribution in [0.4, 0.5) is 0 Å². The number of hydrogen-bond donors (Lipinski definition) is 0. The number of ketones is 1. The summed E-state index contributed by atoms with van der Waals surface area (Å²) in [5.41, 5.74) is 0.706. The summed E-state index contributed by atoms with van der Waals surface area (Å²) in [6.07, 6.45) is 11.0. The number of carbonyl (C=O) groups is 1. The van der Waals surface area contributed by atoms with Gasteiger partial charge in [-0.3, -0.25) is 4.79 Å². The van der Waals surface area contributed by atoms with Gasteiger partial charge in [0.15, 0.2) is 5.78 Å². The van der Waals surface area contributed by atoms with Crippen LogP contribution in [0.2, 0.25) is 0 Å². The van der Waals surface area contributed by atoms with Gasteiger partial charge in [-0.1, -0.05) is 58.4 Å². The highest BCUT2D eigenvalue weighted by atomic mass is 16.1. The molecule has 0 aromatic rings. The van der Waals surface area contributed by atoms with Crippen molar-refractivity contribution in [3.63, 3.8) is 0 Å². The van der Waals surface area contributed by atoms with Crippen LogP contribution in [0, 0.1) is 0 Å². The van der Waals surface area contributed by atoms with Crippen LogP contribution in [0.25, 0.3) is 0 Å². The molecule has 0 aromatic carbocycles. The van der Waals surface area contributed by atoms with E-state index in [0.717, 1.165) is 6.42 Å². The monoisotopic (exact) mass is 210 g/mol. The summed E-state index contributed by atoms with van der Waals surface area (Å²) >= 11 is 0.